The second-order valence-corrected chi connectivity index (χ2v) is 46.2. The Morgan fingerprint density at radius 1 is 0.195 bits per heavy atom. The quantitative estimate of drug-likeness (QED) is 0.161. The van der Waals surface area contributed by atoms with Crippen LogP contribution in [0.25, 0.3) is 72.5 Å². The van der Waals surface area contributed by atoms with Gasteiger partial charge in [-0.05, 0) is 225 Å². The monoisotopic (exact) mass is 2000 g/mol. The number of hydrogen-bond acceptors (Lipinski definition) is 3. The molecule has 2 nitrogen and oxygen atoms in total. The fourth-order valence-corrected chi connectivity index (χ4v) is 30.9. The molecule has 32 rings (SSSR count). The van der Waals surface area contributed by atoms with Gasteiger partial charge in [0.25, 0.3) is 0 Å². The Morgan fingerprint density at radius 2 is 0.497 bits per heavy atom. The zero-order valence-corrected chi connectivity index (χ0v) is 86.6. The van der Waals surface area contributed by atoms with Crippen LogP contribution in [-0.2, 0) is 71.0 Å². The minimum atomic E-state index is -0.336. The van der Waals surface area contributed by atoms with Crippen molar-refractivity contribution in [2.24, 2.45) is 0 Å². The van der Waals surface area contributed by atoms with Crippen LogP contribution in [0.3, 0.4) is 0 Å². The summed E-state index contributed by atoms with van der Waals surface area (Å²) in [5.74, 6) is 1.89. The van der Waals surface area contributed by atoms with E-state index in [1.54, 1.807) is 4.26 Å². The van der Waals surface area contributed by atoms with Gasteiger partial charge in [0.1, 0.15) is 22.7 Å². The van der Waals surface area contributed by atoms with Crippen LogP contribution < -0.4 is 4.74 Å². The number of fused-ring (bicyclic) bond motifs is 34. The van der Waals surface area contributed by atoms with Crippen LogP contribution in [0, 0.1) is 0 Å². The van der Waals surface area contributed by atoms with Crippen molar-refractivity contribution in [3.05, 3.63) is 652 Å². The smallest absolute Gasteiger partial charge is 0.135 e. The molecule has 3 aromatic heterocycles. The predicted molar refractivity (Wildman–Crippen MR) is 624 cm³/mol. The van der Waals surface area contributed by atoms with Gasteiger partial charge >= 0.3 is 142 Å². The Hall–Kier alpha value is -16.0. The summed E-state index contributed by atoms with van der Waals surface area (Å²) in [7, 11) is 0. The molecular formula is C145H114O2SSe. The third-order valence-corrected chi connectivity index (χ3v) is 37.4. The Kier molecular flexibility index (Phi) is 22.9. The van der Waals surface area contributed by atoms with Gasteiger partial charge in [-0.3, -0.25) is 0 Å². The maximum absolute atomic E-state index is 6.34. The first-order chi connectivity index (χ1) is 72.6. The maximum atomic E-state index is 6.34. The van der Waals surface area contributed by atoms with Gasteiger partial charge in [-0.1, -0.05) is 411 Å². The van der Waals surface area contributed by atoms with E-state index in [0.29, 0.717) is 14.5 Å². The van der Waals surface area contributed by atoms with Crippen molar-refractivity contribution in [1.82, 2.24) is 0 Å². The Bertz CT molecular complexity index is 8520. The average molecular weight is 2000 g/mol. The van der Waals surface area contributed by atoms with Crippen molar-refractivity contribution in [1.29, 1.82) is 0 Å². The van der Waals surface area contributed by atoms with Crippen molar-refractivity contribution in [3.8, 4) is 22.6 Å². The van der Waals surface area contributed by atoms with E-state index in [9.17, 15) is 0 Å². The van der Waals surface area contributed by atoms with Crippen LogP contribution in [0.5, 0.6) is 11.5 Å². The van der Waals surface area contributed by atoms with Crippen LogP contribution in [0.15, 0.2) is 490 Å². The summed E-state index contributed by atoms with van der Waals surface area (Å²) >= 11 is 2.38. The second kappa shape index (κ2) is 36.8. The van der Waals surface area contributed by atoms with Gasteiger partial charge in [0.05, 0.1) is 16.2 Å². The SMILES string of the molecule is C.CC1(C)c2ccccc2Cc2cc3[se]c4ccccc4c3cc21.CC1(C)c2ccccc2Cc2cc3oc4ccccc4c3cc21.CC1(C)c2ccccc2Cc2cc3sc4ccccc4c3cc21.c1ccc(C2(c3ccccc3)c3ccccc3Cc3ccccc32)cc1.c1ccc2c(c1)Cc1ccccc1C21c2ccccc2-c2ccccc21.c1ccc2c(c1)Cc1ccccc1C21c2ccccc2Oc2ccccc21. The zero-order chi connectivity index (χ0) is 99.2. The van der Waals surface area contributed by atoms with E-state index in [2.05, 4.69) is 515 Å². The number of thiophene rings is 1. The summed E-state index contributed by atoms with van der Waals surface area (Å²) in [6, 6.07) is 178. The topological polar surface area (TPSA) is 22.4 Å². The van der Waals surface area contributed by atoms with Crippen LogP contribution in [0.2, 0.25) is 0 Å². The number of hydrogen-bond donors (Lipinski definition) is 0. The molecular weight excluding hydrogens is 1880 g/mol. The molecule has 0 radical (unpaired) electrons. The molecule has 0 atom stereocenters. The normalized spacial score (nSPS) is 15.1. The van der Waals surface area contributed by atoms with Gasteiger partial charge < -0.3 is 9.15 Å². The molecule has 21 aromatic carbocycles. The van der Waals surface area contributed by atoms with Crippen molar-refractivity contribution in [3.63, 3.8) is 0 Å². The fraction of sp³-hybridized carbons (Fsp3) is 0.131. The van der Waals surface area contributed by atoms with E-state index in [0.717, 1.165) is 61.2 Å². The predicted octanol–water partition coefficient (Wildman–Crippen LogP) is 36.0. The summed E-state index contributed by atoms with van der Waals surface area (Å²) in [4.78, 5) is 0. The van der Waals surface area contributed by atoms with Gasteiger partial charge in [0.2, 0.25) is 0 Å². The Balaban J connectivity index is 0.0000000903. The Labute approximate surface area is 884 Å². The molecule has 8 aliphatic rings. The maximum Gasteiger partial charge on any atom is 0.135 e. The van der Waals surface area contributed by atoms with E-state index in [1.165, 1.54) is 224 Å². The van der Waals surface area contributed by atoms with E-state index in [-0.39, 0.29) is 39.9 Å². The molecule has 7 aliphatic carbocycles. The molecule has 718 valence electrons. The molecule has 24 aromatic rings. The van der Waals surface area contributed by atoms with Crippen molar-refractivity contribution >= 4 is 87.2 Å². The van der Waals surface area contributed by atoms with Crippen LogP contribution in [-0.4, -0.2) is 14.5 Å². The summed E-state index contributed by atoms with van der Waals surface area (Å²) in [5, 5.41) is 8.18. The van der Waals surface area contributed by atoms with Crippen molar-refractivity contribution < 1.29 is 9.15 Å². The average Bonchev–Trinajstić information content (AvgIpc) is 1.60. The molecule has 4 heteroatoms. The standard InChI is InChI=1S/C26H18O.C26H18.C26H20.C22H18O.C22H18S.C22H18Se.CH4/c1-3-11-20-18(9-1)17-19-10-2-4-12-21(19)26(20)22-13-5-7-15-24(22)27-25-16-8-6-14-23(25)26;1-5-13-22-18(9-1)17-19-10-2-6-14-23(19)26(22)24-15-7-3-11-20(24)21-12-4-8-16-25(21)26;1-3-13-22(14-4-1)26(23-15-5-2-6-16-23)24-17-9-7-11-20(24)19-21-12-8-10-18-25(21)26;3*1-22(2)18-9-5-3-7-14(18)11-15-12-21-17(13-19(15)22)16-8-4-6-10-20(16)23-21;/h1-16H,17H2;1-16H,17H2;1-18H,19H2;3*3-10,12-13H,11H2,1-2H3;1H4. The number of para-hydroxylation sites is 3. The molecule has 4 heterocycles. The Morgan fingerprint density at radius 3 is 0.940 bits per heavy atom. The number of benzene rings is 21. The summed E-state index contributed by atoms with van der Waals surface area (Å²) in [5.41, 5.74) is 46.6. The van der Waals surface area contributed by atoms with Crippen molar-refractivity contribution in [2.75, 3.05) is 0 Å². The van der Waals surface area contributed by atoms with Crippen LogP contribution >= 0.6 is 11.3 Å². The first-order valence-electron chi connectivity index (χ1n) is 52.4. The molecule has 0 fully saturated rings. The van der Waals surface area contributed by atoms with E-state index in [1.807, 2.05) is 23.5 Å². The number of rotatable bonds is 2. The third kappa shape index (κ3) is 14.8. The van der Waals surface area contributed by atoms with Gasteiger partial charge in [-0.15, -0.1) is 11.3 Å². The van der Waals surface area contributed by atoms with E-state index < -0.39 is 0 Å². The molecule has 2 spiro atoms. The first kappa shape index (κ1) is 92.8. The van der Waals surface area contributed by atoms with Gasteiger partial charge in [-0.25, -0.2) is 0 Å². The summed E-state index contributed by atoms with van der Waals surface area (Å²) < 4.78 is 18.3. The van der Waals surface area contributed by atoms with Gasteiger partial charge in [-0.2, -0.15) is 0 Å². The molecule has 0 saturated carbocycles. The minimum absolute atomic E-state index is 0. The number of furan rings is 1. The molecule has 1 aliphatic heterocycles. The third-order valence-electron chi connectivity index (χ3n) is 33.9. The molecule has 149 heavy (non-hydrogen) atoms. The fourth-order valence-electron chi connectivity index (χ4n) is 27.4. The molecule has 0 amide bonds. The van der Waals surface area contributed by atoms with Gasteiger partial charge in [0.15, 0.2) is 0 Å². The summed E-state index contributed by atoms with van der Waals surface area (Å²) in [6.07, 6.45) is 6.10. The number of ether oxygens (including phenoxy) is 1. The minimum Gasteiger partial charge on any atom is -0.457 e. The largest absolute Gasteiger partial charge is 0.457 e. The second-order valence-electron chi connectivity index (χ2n) is 42.8. The molecule has 0 saturated heterocycles. The molecule has 0 unspecified atom stereocenters. The van der Waals surface area contributed by atoms with Crippen LogP contribution in [0.4, 0.5) is 0 Å². The van der Waals surface area contributed by atoms with E-state index in [4.69, 9.17) is 9.15 Å². The summed E-state index contributed by atoms with van der Waals surface area (Å²) in [6.45, 7) is 14.1. The van der Waals surface area contributed by atoms with Gasteiger partial charge in [0, 0.05) is 52.9 Å². The molecule has 0 bridgehead atoms. The first-order valence-corrected chi connectivity index (χ1v) is 54.9. The zero-order valence-electron chi connectivity index (χ0n) is 84.1. The molecule has 0 N–H and O–H groups in total. The van der Waals surface area contributed by atoms with E-state index >= 15 is 0 Å². The van der Waals surface area contributed by atoms with Crippen LogP contribution in [0.1, 0.15) is 216 Å². The van der Waals surface area contributed by atoms with Crippen molar-refractivity contribution in [2.45, 2.75) is 120 Å².